The van der Waals surface area contributed by atoms with E-state index in [1.165, 1.54) is 37.3 Å². The van der Waals surface area contributed by atoms with Crippen molar-refractivity contribution in [2.75, 3.05) is 19.8 Å². The fraction of sp³-hybridized carbons (Fsp3) is 0.240. The molecule has 12 heteroatoms. The molecule has 192 valence electrons. The van der Waals surface area contributed by atoms with E-state index < -0.39 is 35.0 Å². The second-order valence-corrected chi connectivity index (χ2v) is 9.46. The van der Waals surface area contributed by atoms with Crippen molar-refractivity contribution in [3.8, 4) is 11.5 Å². The lowest BCUT2D eigenvalue weighted by Crippen LogP contribution is -2.41. The molecular weight excluding hydrogens is 533 g/mol. The van der Waals surface area contributed by atoms with Crippen molar-refractivity contribution in [3.63, 3.8) is 0 Å². The predicted octanol–water partition coefficient (Wildman–Crippen LogP) is 3.77. The highest BCUT2D eigenvalue weighted by molar-refractivity contribution is 7.07. The van der Waals surface area contributed by atoms with Gasteiger partial charge in [-0.1, -0.05) is 41.1 Å². The summed E-state index contributed by atoms with van der Waals surface area (Å²) in [5, 5.41) is 0.340. The van der Waals surface area contributed by atoms with Crippen LogP contribution in [0.2, 0.25) is 5.02 Å². The van der Waals surface area contributed by atoms with E-state index in [4.69, 9.17) is 25.8 Å². The molecule has 3 aromatic rings. The fourth-order valence-corrected chi connectivity index (χ4v) is 5.23. The number of hydrogen-bond donors (Lipinski definition) is 0. The van der Waals surface area contributed by atoms with Crippen molar-refractivity contribution in [2.45, 2.75) is 19.1 Å². The Hall–Kier alpha value is -3.57. The van der Waals surface area contributed by atoms with Gasteiger partial charge in [-0.05, 0) is 48.4 Å². The number of benzene rings is 2. The molecule has 3 heterocycles. The van der Waals surface area contributed by atoms with Gasteiger partial charge in [0.05, 0.1) is 22.8 Å². The highest BCUT2D eigenvalue weighted by Crippen LogP contribution is 2.38. The summed E-state index contributed by atoms with van der Waals surface area (Å²) >= 11 is 6.77. The molecule has 0 unspecified atom stereocenters. The van der Waals surface area contributed by atoms with Crippen molar-refractivity contribution < 1.29 is 32.2 Å². The Kier molecular flexibility index (Phi) is 6.59. The third kappa shape index (κ3) is 4.76. The highest BCUT2D eigenvalue weighted by Gasteiger charge is 2.45. The SMILES string of the molecule is CCOC(=O)C1=C(C(F)(F)F)N=c2s/c(=C\c3ccc4c(c3)OCCO4)c(=O)n2[C@H]1c1ccc(Cl)cc1. The van der Waals surface area contributed by atoms with Gasteiger partial charge in [0.2, 0.25) is 0 Å². The van der Waals surface area contributed by atoms with Gasteiger partial charge >= 0.3 is 12.1 Å². The van der Waals surface area contributed by atoms with Gasteiger partial charge in [-0.15, -0.1) is 0 Å². The van der Waals surface area contributed by atoms with Crippen molar-refractivity contribution >= 4 is 35.0 Å². The Morgan fingerprint density at radius 2 is 1.89 bits per heavy atom. The average molecular weight is 551 g/mol. The number of esters is 1. The molecule has 1 atom stereocenters. The number of allylic oxidation sites excluding steroid dienone is 1. The Morgan fingerprint density at radius 3 is 2.57 bits per heavy atom. The topological polar surface area (TPSA) is 79.1 Å². The lowest BCUT2D eigenvalue weighted by Gasteiger charge is -2.26. The van der Waals surface area contributed by atoms with Gasteiger partial charge in [0, 0.05) is 5.02 Å². The molecule has 0 amide bonds. The first-order valence-electron chi connectivity index (χ1n) is 11.1. The first-order chi connectivity index (χ1) is 17.7. The minimum atomic E-state index is -4.97. The zero-order valence-electron chi connectivity index (χ0n) is 19.2. The summed E-state index contributed by atoms with van der Waals surface area (Å²) in [6.45, 7) is 2.11. The molecule has 0 radical (unpaired) electrons. The normalized spacial score (nSPS) is 17.3. The molecule has 0 fully saturated rings. The third-order valence-corrected chi connectivity index (χ3v) is 6.88. The van der Waals surface area contributed by atoms with Crippen LogP contribution in [0.4, 0.5) is 13.2 Å². The summed E-state index contributed by atoms with van der Waals surface area (Å²) in [5.74, 6) is -0.156. The first kappa shape index (κ1) is 25.1. The minimum absolute atomic E-state index is 0.126. The van der Waals surface area contributed by atoms with E-state index in [1.807, 2.05) is 0 Å². The number of nitrogens with zero attached hydrogens (tertiary/aromatic N) is 2. The van der Waals surface area contributed by atoms with E-state index in [2.05, 4.69) is 4.99 Å². The van der Waals surface area contributed by atoms with Gasteiger partial charge in [0.25, 0.3) is 5.56 Å². The molecule has 7 nitrogen and oxygen atoms in total. The van der Waals surface area contributed by atoms with Gasteiger partial charge in [-0.25, -0.2) is 9.79 Å². The molecule has 2 aliphatic rings. The van der Waals surface area contributed by atoms with E-state index in [0.717, 1.165) is 15.9 Å². The molecule has 0 saturated heterocycles. The highest BCUT2D eigenvalue weighted by atomic mass is 35.5. The molecule has 0 N–H and O–H groups in total. The molecule has 0 aliphatic carbocycles. The van der Waals surface area contributed by atoms with Crippen LogP contribution in [0.1, 0.15) is 24.1 Å². The fourth-order valence-electron chi connectivity index (χ4n) is 4.10. The van der Waals surface area contributed by atoms with Crippen LogP contribution >= 0.6 is 22.9 Å². The second kappa shape index (κ2) is 9.71. The van der Waals surface area contributed by atoms with Crippen molar-refractivity contribution in [1.29, 1.82) is 0 Å². The number of alkyl halides is 3. The number of hydrogen-bond acceptors (Lipinski definition) is 7. The van der Waals surface area contributed by atoms with Crippen LogP contribution in [0.25, 0.3) is 6.08 Å². The number of carbonyl (C=O) groups is 1. The quantitative estimate of drug-likeness (QED) is 0.462. The number of aromatic nitrogens is 1. The Labute approximate surface area is 216 Å². The molecule has 0 saturated carbocycles. The largest absolute Gasteiger partial charge is 0.486 e. The summed E-state index contributed by atoms with van der Waals surface area (Å²) in [7, 11) is 0. The smallest absolute Gasteiger partial charge is 0.434 e. The molecule has 0 bridgehead atoms. The predicted molar refractivity (Wildman–Crippen MR) is 130 cm³/mol. The molecule has 0 spiro atoms. The zero-order chi connectivity index (χ0) is 26.3. The van der Waals surface area contributed by atoms with Crippen molar-refractivity contribution in [3.05, 3.63) is 89.6 Å². The van der Waals surface area contributed by atoms with Crippen LogP contribution in [0.5, 0.6) is 11.5 Å². The van der Waals surface area contributed by atoms with E-state index in [0.29, 0.717) is 35.3 Å². The Morgan fingerprint density at radius 1 is 1.19 bits per heavy atom. The van der Waals surface area contributed by atoms with Gasteiger partial charge < -0.3 is 14.2 Å². The summed E-state index contributed by atoms with van der Waals surface area (Å²) in [4.78, 5) is 30.0. The number of fused-ring (bicyclic) bond motifs is 2. The number of ether oxygens (including phenoxy) is 3. The van der Waals surface area contributed by atoms with Crippen LogP contribution in [0, 0.1) is 0 Å². The van der Waals surface area contributed by atoms with E-state index >= 15 is 0 Å². The number of carbonyl (C=O) groups excluding carboxylic acids is 1. The minimum Gasteiger partial charge on any atom is -0.486 e. The Balaban J connectivity index is 1.75. The molecule has 2 aromatic carbocycles. The van der Waals surface area contributed by atoms with Gasteiger partial charge in [-0.3, -0.25) is 9.36 Å². The standard InChI is InChI=1S/C25H18ClF3N2O5S/c1-2-34-23(33)19-20(14-4-6-15(26)7-5-14)31-22(32)18(37-24(31)30-21(19)25(27,28)29)12-13-3-8-16-17(11-13)36-10-9-35-16/h3-8,11-12,20H,2,9-10H2,1H3/b18-12-/t20-/m0/s1. The van der Waals surface area contributed by atoms with Gasteiger partial charge in [-0.2, -0.15) is 13.2 Å². The molecule has 1 aromatic heterocycles. The summed E-state index contributed by atoms with van der Waals surface area (Å²) in [6.07, 6.45) is -3.44. The monoisotopic (exact) mass is 550 g/mol. The zero-order valence-corrected chi connectivity index (χ0v) is 20.7. The maximum absolute atomic E-state index is 14.2. The van der Waals surface area contributed by atoms with Crippen LogP contribution in [0.15, 0.2) is 63.5 Å². The number of thiazole rings is 1. The molecule has 5 rings (SSSR count). The molecule has 37 heavy (non-hydrogen) atoms. The van der Waals surface area contributed by atoms with E-state index in [9.17, 15) is 22.8 Å². The summed E-state index contributed by atoms with van der Waals surface area (Å²) in [5.41, 5.74) is -1.95. The average Bonchev–Trinajstić information content (AvgIpc) is 3.18. The van der Waals surface area contributed by atoms with Gasteiger partial charge in [0.15, 0.2) is 22.0 Å². The number of rotatable bonds is 4. The third-order valence-electron chi connectivity index (χ3n) is 5.64. The maximum Gasteiger partial charge on any atom is 0.434 e. The van der Waals surface area contributed by atoms with E-state index in [1.54, 1.807) is 18.2 Å². The molecular formula is C25H18ClF3N2O5S. The lowest BCUT2D eigenvalue weighted by molar-refractivity contribution is -0.140. The first-order valence-corrected chi connectivity index (χ1v) is 12.3. The molecule has 2 aliphatic heterocycles. The lowest BCUT2D eigenvalue weighted by atomic mass is 9.95. The number of halogens is 4. The van der Waals surface area contributed by atoms with E-state index in [-0.39, 0.29) is 21.5 Å². The van der Waals surface area contributed by atoms with Crippen molar-refractivity contribution in [2.24, 2.45) is 4.99 Å². The maximum atomic E-state index is 14.2. The van der Waals surface area contributed by atoms with Crippen LogP contribution in [-0.4, -0.2) is 36.5 Å². The van der Waals surface area contributed by atoms with Crippen LogP contribution in [0.3, 0.4) is 0 Å². The summed E-state index contributed by atoms with van der Waals surface area (Å²) < 4.78 is 59.7. The van der Waals surface area contributed by atoms with Gasteiger partial charge in [0.1, 0.15) is 13.2 Å². The summed E-state index contributed by atoms with van der Waals surface area (Å²) in [6, 6.07) is 9.51. The van der Waals surface area contributed by atoms with Crippen LogP contribution in [-0.2, 0) is 9.53 Å². The van der Waals surface area contributed by atoms with Crippen LogP contribution < -0.4 is 24.4 Å². The van der Waals surface area contributed by atoms with Crippen molar-refractivity contribution in [1.82, 2.24) is 4.57 Å². The second-order valence-electron chi connectivity index (χ2n) is 8.02. The Bertz CT molecular complexity index is 1590.